The third-order valence-electron chi connectivity index (χ3n) is 12.3. The summed E-state index contributed by atoms with van der Waals surface area (Å²) < 4.78 is 44.7. The molecule has 3 atom stereocenters. The van der Waals surface area contributed by atoms with Gasteiger partial charge in [0.15, 0.2) is 0 Å². The number of para-hydroxylation sites is 1. The molecular formula is C40H42F3N9O4. The second-order valence-corrected chi connectivity index (χ2v) is 15.8. The van der Waals surface area contributed by atoms with Gasteiger partial charge in [-0.05, 0) is 93.3 Å². The van der Waals surface area contributed by atoms with E-state index in [2.05, 4.69) is 31.5 Å². The highest BCUT2D eigenvalue weighted by Gasteiger charge is 2.46. The average molecular weight is 770 g/mol. The number of rotatable bonds is 7. The molecule has 4 saturated heterocycles. The van der Waals surface area contributed by atoms with E-state index in [1.807, 2.05) is 42.1 Å². The lowest BCUT2D eigenvalue weighted by Gasteiger charge is -2.58. The Morgan fingerprint density at radius 2 is 1.71 bits per heavy atom. The number of nitrogens with zero attached hydrogens (tertiary/aromatic N) is 7. The third-order valence-corrected chi connectivity index (χ3v) is 12.3. The summed E-state index contributed by atoms with van der Waals surface area (Å²) in [5, 5.41) is 10.8. The number of nitrogens with one attached hydrogen (secondary N) is 2. The number of aromatic nitrogens is 5. The number of alkyl halides is 3. The summed E-state index contributed by atoms with van der Waals surface area (Å²) in [5.74, 6) is -0.883. The van der Waals surface area contributed by atoms with E-state index in [0.717, 1.165) is 85.5 Å². The minimum absolute atomic E-state index is 0.201. The number of hydrogen-bond donors (Lipinski definition) is 2. The topological polar surface area (TPSA) is 139 Å². The SMILES string of the molecule is Cc1cc2nn(C3CCC(CN4C5CC4CN(c4cccc6c4n(C)c(=O)n6C4CCC(=O)NC4=O)C5)CC3)cc2cc1NC(=O)c1cccc(C(F)(F)F)n1. The van der Waals surface area contributed by atoms with Crippen molar-refractivity contribution in [3.8, 4) is 0 Å². The Kier molecular flexibility index (Phi) is 8.78. The molecule has 16 heteroatoms. The highest BCUT2D eigenvalue weighted by Crippen LogP contribution is 2.41. The molecule has 3 amide bonds. The molecular weight excluding hydrogens is 727 g/mol. The Morgan fingerprint density at radius 1 is 0.964 bits per heavy atom. The van der Waals surface area contributed by atoms with Crippen molar-refractivity contribution in [1.82, 2.24) is 34.1 Å². The van der Waals surface area contributed by atoms with Crippen molar-refractivity contribution >= 4 is 51.0 Å². The van der Waals surface area contributed by atoms with Crippen LogP contribution in [0.15, 0.2) is 59.5 Å². The van der Waals surface area contributed by atoms with Crippen LogP contribution in [0.4, 0.5) is 24.5 Å². The molecule has 5 fully saturated rings. The highest BCUT2D eigenvalue weighted by atomic mass is 19.4. The van der Waals surface area contributed by atoms with Crippen LogP contribution in [0.3, 0.4) is 0 Å². The van der Waals surface area contributed by atoms with E-state index in [1.54, 1.807) is 16.2 Å². The Hall–Kier alpha value is -5.51. The number of fused-ring (bicyclic) bond motifs is 4. The Morgan fingerprint density at radius 3 is 2.45 bits per heavy atom. The number of piperidine rings is 2. The van der Waals surface area contributed by atoms with Gasteiger partial charge in [0.05, 0.1) is 28.3 Å². The standard InChI is InChI=1S/C40H42F3N9O4/c1-22-15-30-24(16-29(22)45-37(54)28-5-3-8-34(44-28)40(41,42)43)19-51(47-30)25-11-9-23(10-12-25)18-50-26-17-27(50)21-49(20-26)31-6-4-7-32-36(31)48(2)39(56)52(32)33-13-14-35(53)46-38(33)55/h3-8,15-16,19,23,25-27,33H,9-14,17-18,20-21H2,1-2H3,(H,45,54)(H,46,53,55). The summed E-state index contributed by atoms with van der Waals surface area (Å²) >= 11 is 0. The highest BCUT2D eigenvalue weighted by molar-refractivity contribution is 6.04. The fraction of sp³-hybridized carbons (Fsp3) is 0.450. The second-order valence-electron chi connectivity index (χ2n) is 15.8. The minimum Gasteiger partial charge on any atom is -0.367 e. The van der Waals surface area contributed by atoms with Crippen LogP contribution in [0.25, 0.3) is 21.9 Å². The van der Waals surface area contributed by atoms with Gasteiger partial charge in [0.2, 0.25) is 11.8 Å². The van der Waals surface area contributed by atoms with Crippen LogP contribution in [0.2, 0.25) is 0 Å². The summed E-state index contributed by atoms with van der Waals surface area (Å²) in [6, 6.07) is 13.2. The van der Waals surface area contributed by atoms with E-state index in [9.17, 15) is 32.3 Å². The van der Waals surface area contributed by atoms with E-state index in [0.29, 0.717) is 35.6 Å². The number of aryl methyl sites for hydroxylation is 2. The molecule has 2 N–H and O–H groups in total. The number of imidazole rings is 1. The zero-order chi connectivity index (χ0) is 39.0. The van der Waals surface area contributed by atoms with Crippen LogP contribution in [-0.2, 0) is 22.8 Å². The van der Waals surface area contributed by atoms with Crippen LogP contribution >= 0.6 is 0 Å². The van der Waals surface area contributed by atoms with Gasteiger partial charge >= 0.3 is 11.9 Å². The van der Waals surface area contributed by atoms with Crippen LogP contribution in [0, 0.1) is 12.8 Å². The normalized spacial score (nSPS) is 24.4. The predicted octanol–water partition coefficient (Wildman–Crippen LogP) is 5.34. The molecule has 3 unspecified atom stereocenters. The summed E-state index contributed by atoms with van der Waals surface area (Å²) in [4.78, 5) is 59.4. The van der Waals surface area contributed by atoms with Crippen molar-refractivity contribution in [3.05, 3.63) is 82.2 Å². The molecule has 0 radical (unpaired) electrons. The molecule has 4 aliphatic heterocycles. The monoisotopic (exact) mass is 769 g/mol. The molecule has 5 aliphatic rings. The van der Waals surface area contributed by atoms with Crippen molar-refractivity contribution in [2.75, 3.05) is 29.9 Å². The zero-order valence-corrected chi connectivity index (χ0v) is 31.1. The Bertz CT molecular complexity index is 2450. The van der Waals surface area contributed by atoms with Gasteiger partial charge in [0, 0.05) is 62.5 Å². The quantitative estimate of drug-likeness (QED) is 0.212. The summed E-state index contributed by atoms with van der Waals surface area (Å²) in [6.07, 6.45) is 3.16. The summed E-state index contributed by atoms with van der Waals surface area (Å²) in [5.41, 5.74) is 2.85. The van der Waals surface area contributed by atoms with Crippen molar-refractivity contribution in [3.63, 3.8) is 0 Å². The average Bonchev–Trinajstić information content (AvgIpc) is 3.70. The number of carbonyl (C=O) groups excluding carboxylic acids is 3. The van der Waals surface area contributed by atoms with Gasteiger partial charge in [-0.3, -0.25) is 38.4 Å². The van der Waals surface area contributed by atoms with E-state index in [4.69, 9.17) is 5.10 Å². The Balaban J connectivity index is 0.823. The van der Waals surface area contributed by atoms with E-state index in [-0.39, 0.29) is 29.8 Å². The number of anilines is 2. The number of piperazine rings is 1. The van der Waals surface area contributed by atoms with E-state index in [1.165, 1.54) is 12.1 Å². The lowest BCUT2D eigenvalue weighted by Crippen LogP contribution is -2.69. The van der Waals surface area contributed by atoms with E-state index < -0.39 is 29.7 Å². The van der Waals surface area contributed by atoms with E-state index >= 15 is 0 Å². The first-order valence-corrected chi connectivity index (χ1v) is 19.2. The lowest BCUT2D eigenvalue weighted by molar-refractivity contribution is -0.141. The number of halogens is 3. The molecule has 1 saturated carbocycles. The first kappa shape index (κ1) is 36.1. The third kappa shape index (κ3) is 6.33. The molecule has 292 valence electrons. The molecule has 13 nitrogen and oxygen atoms in total. The van der Waals surface area contributed by atoms with Crippen molar-refractivity contribution in [2.45, 2.75) is 82.2 Å². The predicted molar refractivity (Wildman–Crippen MR) is 202 cm³/mol. The second kappa shape index (κ2) is 13.6. The summed E-state index contributed by atoms with van der Waals surface area (Å²) in [6.45, 7) is 4.60. The first-order valence-electron chi connectivity index (χ1n) is 19.2. The fourth-order valence-corrected chi connectivity index (χ4v) is 9.40. The maximum atomic E-state index is 13.5. The molecule has 7 heterocycles. The van der Waals surface area contributed by atoms with Gasteiger partial charge in [0.1, 0.15) is 17.4 Å². The van der Waals surface area contributed by atoms with Crippen molar-refractivity contribution < 1.29 is 27.6 Å². The number of carbonyl (C=O) groups is 3. The van der Waals surface area contributed by atoms with Crippen molar-refractivity contribution in [2.24, 2.45) is 13.0 Å². The van der Waals surface area contributed by atoms with Crippen LogP contribution in [0.5, 0.6) is 0 Å². The molecule has 10 rings (SSSR count). The largest absolute Gasteiger partial charge is 0.433 e. The molecule has 0 spiro atoms. The molecule has 1 aliphatic carbocycles. The van der Waals surface area contributed by atoms with Gasteiger partial charge in [-0.25, -0.2) is 9.78 Å². The zero-order valence-electron chi connectivity index (χ0n) is 31.1. The minimum atomic E-state index is -4.64. The van der Waals surface area contributed by atoms with Gasteiger partial charge in [-0.15, -0.1) is 0 Å². The van der Waals surface area contributed by atoms with Gasteiger partial charge in [0.25, 0.3) is 5.91 Å². The fourth-order valence-electron chi connectivity index (χ4n) is 9.40. The van der Waals surface area contributed by atoms with Gasteiger partial charge in [-0.1, -0.05) is 12.1 Å². The number of amides is 3. The number of hydrogen-bond acceptors (Lipinski definition) is 8. The molecule has 2 bridgehead atoms. The van der Waals surface area contributed by atoms with Crippen LogP contribution in [0.1, 0.15) is 78.8 Å². The first-order chi connectivity index (χ1) is 26.8. The molecule has 2 aromatic carbocycles. The number of imide groups is 1. The van der Waals surface area contributed by atoms with Crippen LogP contribution < -0.4 is 21.2 Å². The summed E-state index contributed by atoms with van der Waals surface area (Å²) in [7, 11) is 1.75. The Labute approximate surface area is 319 Å². The molecule has 56 heavy (non-hydrogen) atoms. The van der Waals surface area contributed by atoms with Gasteiger partial charge < -0.3 is 10.2 Å². The molecule has 3 aromatic heterocycles. The smallest absolute Gasteiger partial charge is 0.367 e. The lowest BCUT2D eigenvalue weighted by atomic mass is 9.81. The number of pyridine rings is 1. The van der Waals surface area contributed by atoms with Gasteiger partial charge in [-0.2, -0.15) is 18.3 Å². The maximum Gasteiger partial charge on any atom is 0.433 e. The van der Waals surface area contributed by atoms with Crippen LogP contribution in [-0.4, -0.2) is 78.2 Å². The van der Waals surface area contributed by atoms with Crippen molar-refractivity contribution in [1.29, 1.82) is 0 Å². The maximum absolute atomic E-state index is 13.5. The number of benzene rings is 2. The molecule has 5 aromatic rings.